The molecule has 2 aliphatic heterocycles. The van der Waals surface area contributed by atoms with Gasteiger partial charge in [-0.05, 0) is 62.9 Å². The number of fused-ring (bicyclic) bond motifs is 2. The molecule has 6 rings (SSSR count). The molecule has 4 aromatic rings. The molecule has 2 aliphatic rings. The van der Waals surface area contributed by atoms with Crippen LogP contribution in [-0.2, 0) is 4.74 Å². The van der Waals surface area contributed by atoms with Gasteiger partial charge >= 0.3 is 5.97 Å². The number of anilines is 1. The van der Waals surface area contributed by atoms with E-state index in [4.69, 9.17) is 4.74 Å². The van der Waals surface area contributed by atoms with Gasteiger partial charge in [0.15, 0.2) is 11.3 Å². The molecule has 1 aromatic carbocycles. The molecule has 0 radical (unpaired) electrons. The predicted molar refractivity (Wildman–Crippen MR) is 146 cm³/mol. The van der Waals surface area contributed by atoms with E-state index in [0.717, 1.165) is 17.5 Å². The first-order valence-corrected chi connectivity index (χ1v) is 13.3. The quantitative estimate of drug-likeness (QED) is 0.209. The number of benzene rings is 1. The van der Waals surface area contributed by atoms with Crippen molar-refractivity contribution in [2.75, 3.05) is 18.1 Å². The summed E-state index contributed by atoms with van der Waals surface area (Å²) >= 11 is 0. The van der Waals surface area contributed by atoms with Gasteiger partial charge in [-0.15, -0.1) is 5.10 Å². The summed E-state index contributed by atoms with van der Waals surface area (Å²) in [7, 11) is 0. The van der Waals surface area contributed by atoms with Gasteiger partial charge in [-0.25, -0.2) is 23.7 Å². The van der Waals surface area contributed by atoms with Crippen LogP contribution in [-0.4, -0.2) is 61.5 Å². The van der Waals surface area contributed by atoms with E-state index in [2.05, 4.69) is 26.9 Å². The number of hydrogen-bond donors (Lipinski definition) is 0. The molecule has 2 amide bonds. The van der Waals surface area contributed by atoms with E-state index in [1.54, 1.807) is 50.2 Å². The summed E-state index contributed by atoms with van der Waals surface area (Å²) in [6.07, 6.45) is 4.03. The van der Waals surface area contributed by atoms with Crippen molar-refractivity contribution in [1.29, 1.82) is 0 Å². The highest BCUT2D eigenvalue weighted by molar-refractivity contribution is 6.21. The molecule has 41 heavy (non-hydrogen) atoms. The van der Waals surface area contributed by atoms with Gasteiger partial charge < -0.3 is 9.64 Å². The Labute approximate surface area is 234 Å². The van der Waals surface area contributed by atoms with E-state index in [-0.39, 0.29) is 18.3 Å². The lowest BCUT2D eigenvalue weighted by molar-refractivity contribution is 0.0515. The molecule has 2 atom stereocenters. The number of imide groups is 1. The van der Waals surface area contributed by atoms with Gasteiger partial charge in [0.2, 0.25) is 0 Å². The fourth-order valence-corrected chi connectivity index (χ4v) is 5.34. The van der Waals surface area contributed by atoms with Crippen LogP contribution in [0.25, 0.3) is 5.65 Å². The van der Waals surface area contributed by atoms with Crippen molar-refractivity contribution in [3.8, 4) is 11.8 Å². The molecule has 1 saturated heterocycles. The zero-order chi connectivity index (χ0) is 28.7. The Bertz CT molecular complexity index is 1740. The summed E-state index contributed by atoms with van der Waals surface area (Å²) in [5.41, 5.74) is 2.32. The monoisotopic (exact) mass is 552 g/mol. The largest absolute Gasteiger partial charge is 0.461 e. The SMILES string of the molecule is CCOC(=O)c1cnc2ccc(N3CCC[C@@H]3c3cc(F)cnc3C#C[C@@H](C)N3C(=O)c4ccccc4C3=O)nn12. The zero-order valence-electron chi connectivity index (χ0n) is 22.4. The number of carbonyl (C=O) groups excluding carboxylic acids is 3. The number of rotatable bonds is 5. The average Bonchev–Trinajstić information content (AvgIpc) is 3.69. The number of nitrogens with zero attached hydrogens (tertiary/aromatic N) is 6. The Kier molecular flexibility index (Phi) is 6.67. The van der Waals surface area contributed by atoms with E-state index in [1.165, 1.54) is 16.8 Å². The van der Waals surface area contributed by atoms with Crippen LogP contribution < -0.4 is 4.90 Å². The van der Waals surface area contributed by atoms with Crippen molar-refractivity contribution in [1.82, 2.24) is 24.5 Å². The predicted octanol–water partition coefficient (Wildman–Crippen LogP) is 3.82. The number of aromatic nitrogens is 4. The van der Waals surface area contributed by atoms with Crippen LogP contribution in [0.3, 0.4) is 0 Å². The maximum atomic E-state index is 14.5. The summed E-state index contributed by atoms with van der Waals surface area (Å²) in [6, 6.07) is 10.6. The third-order valence-electron chi connectivity index (χ3n) is 7.23. The van der Waals surface area contributed by atoms with Crippen molar-refractivity contribution in [3.05, 3.63) is 88.8 Å². The lowest BCUT2D eigenvalue weighted by Gasteiger charge is -2.26. The maximum Gasteiger partial charge on any atom is 0.358 e. The molecule has 206 valence electrons. The first-order chi connectivity index (χ1) is 19.9. The van der Waals surface area contributed by atoms with Gasteiger partial charge in [0.25, 0.3) is 11.8 Å². The molecule has 11 heteroatoms. The number of amides is 2. The lowest BCUT2D eigenvalue weighted by Crippen LogP contribution is -2.37. The highest BCUT2D eigenvalue weighted by atomic mass is 19.1. The van der Waals surface area contributed by atoms with E-state index in [1.807, 2.05) is 4.90 Å². The fraction of sp³-hybridized carbons (Fsp3) is 0.267. The topological polar surface area (TPSA) is 110 Å². The molecule has 0 bridgehead atoms. The second kappa shape index (κ2) is 10.5. The highest BCUT2D eigenvalue weighted by Crippen LogP contribution is 2.36. The van der Waals surface area contributed by atoms with E-state index in [0.29, 0.717) is 46.8 Å². The van der Waals surface area contributed by atoms with Gasteiger partial charge in [0.05, 0.1) is 42.2 Å². The molecule has 5 heterocycles. The number of imidazole rings is 1. The number of halogens is 1. The summed E-state index contributed by atoms with van der Waals surface area (Å²) in [4.78, 5) is 49.8. The van der Waals surface area contributed by atoms with Gasteiger partial charge in [-0.3, -0.25) is 14.5 Å². The smallest absolute Gasteiger partial charge is 0.358 e. The minimum Gasteiger partial charge on any atom is -0.461 e. The molecule has 1 fully saturated rings. The first-order valence-electron chi connectivity index (χ1n) is 13.3. The maximum absolute atomic E-state index is 14.5. The third-order valence-corrected chi connectivity index (χ3v) is 7.23. The number of esters is 1. The first kappa shape index (κ1) is 26.1. The molecule has 10 nitrogen and oxygen atoms in total. The molecule has 0 saturated carbocycles. The molecule has 0 unspecified atom stereocenters. The van der Waals surface area contributed by atoms with Crippen molar-refractivity contribution >= 4 is 29.2 Å². The summed E-state index contributed by atoms with van der Waals surface area (Å²) in [6.45, 7) is 4.26. The third kappa shape index (κ3) is 4.57. The van der Waals surface area contributed by atoms with E-state index < -0.39 is 29.6 Å². The average molecular weight is 553 g/mol. The lowest BCUT2D eigenvalue weighted by atomic mass is 10.0. The van der Waals surface area contributed by atoms with E-state index in [9.17, 15) is 18.8 Å². The van der Waals surface area contributed by atoms with Gasteiger partial charge in [0, 0.05) is 12.1 Å². The molecule has 0 aliphatic carbocycles. The van der Waals surface area contributed by atoms with Crippen molar-refractivity contribution in [3.63, 3.8) is 0 Å². The number of pyridine rings is 1. The Balaban J connectivity index is 1.32. The second-order valence-electron chi connectivity index (χ2n) is 9.74. The molecule has 0 N–H and O–H groups in total. The minimum atomic E-state index is -0.728. The highest BCUT2D eigenvalue weighted by Gasteiger charge is 2.38. The summed E-state index contributed by atoms with van der Waals surface area (Å²) < 4.78 is 21.1. The summed E-state index contributed by atoms with van der Waals surface area (Å²) in [5, 5.41) is 4.66. The molecular weight excluding hydrogens is 527 g/mol. The van der Waals surface area contributed by atoms with Crippen LogP contribution in [0.1, 0.15) is 75.2 Å². The molecule has 3 aromatic heterocycles. The number of carbonyl (C=O) groups is 3. The van der Waals surface area contributed by atoms with Crippen LogP contribution in [0.2, 0.25) is 0 Å². The Morgan fingerprint density at radius 1 is 1.12 bits per heavy atom. The van der Waals surface area contributed by atoms with Crippen LogP contribution in [0.4, 0.5) is 10.2 Å². The van der Waals surface area contributed by atoms with Gasteiger partial charge in [0.1, 0.15) is 17.3 Å². The molecular formula is C30H25FN6O4. The van der Waals surface area contributed by atoms with Crippen LogP contribution in [0, 0.1) is 17.7 Å². The summed E-state index contributed by atoms with van der Waals surface area (Å²) in [5.74, 6) is 4.72. The zero-order valence-corrected chi connectivity index (χ0v) is 22.4. The van der Waals surface area contributed by atoms with Crippen molar-refractivity contribution in [2.45, 2.75) is 38.8 Å². The Morgan fingerprint density at radius 3 is 2.61 bits per heavy atom. The Hall–Kier alpha value is -5.11. The standard InChI is InChI=1S/C30H25FN6O4/c1-3-41-30(40)25-17-33-26-12-13-27(34-37(25)26)35-14-6-9-24(35)22-15-19(31)16-32-23(22)11-10-18(2)36-28(38)20-7-4-5-8-21(20)29(36)39/h4-5,7-8,12-13,15-18,24H,3,6,9,14H2,1-2H3/t18-,24-/m1/s1. The van der Waals surface area contributed by atoms with Crippen LogP contribution >= 0.6 is 0 Å². The van der Waals surface area contributed by atoms with Crippen molar-refractivity contribution in [2.24, 2.45) is 0 Å². The minimum absolute atomic E-state index is 0.209. The number of hydrogen-bond acceptors (Lipinski definition) is 8. The van der Waals surface area contributed by atoms with Gasteiger partial charge in [-0.2, -0.15) is 0 Å². The van der Waals surface area contributed by atoms with E-state index >= 15 is 0 Å². The Morgan fingerprint density at radius 2 is 1.88 bits per heavy atom. The second-order valence-corrected chi connectivity index (χ2v) is 9.74. The van der Waals surface area contributed by atoms with Crippen LogP contribution in [0.15, 0.2) is 54.9 Å². The fourth-order valence-electron chi connectivity index (χ4n) is 5.34. The normalized spacial score (nSPS) is 17.0. The van der Waals surface area contributed by atoms with Crippen LogP contribution in [0.5, 0.6) is 0 Å². The van der Waals surface area contributed by atoms with Crippen molar-refractivity contribution < 1.29 is 23.5 Å². The van der Waals surface area contributed by atoms with Gasteiger partial charge in [-0.1, -0.05) is 18.1 Å². The molecule has 0 spiro atoms. The number of ether oxygens (including phenoxy) is 1.